The Morgan fingerprint density at radius 2 is 1.80 bits per heavy atom. The zero-order valence-corrected chi connectivity index (χ0v) is 18.7. The van der Waals surface area contributed by atoms with Crippen LogP contribution in [0.1, 0.15) is 28.4 Å². The monoisotopic (exact) mass is 496 g/mol. The standard InChI is InChI=1S/C24H17FN2O7S/c25-18-6-3-5-16(12-18)21-14-23(33-24(28)15-8-10-19(11-9-15)27(29)30)34-35(31,32)22-13-17-4-1-2-7-20(17)26(21)22/h1-13,21,23H,14H2. The van der Waals surface area contributed by atoms with E-state index in [0.717, 1.165) is 12.1 Å². The molecule has 4 aromatic rings. The maximum absolute atomic E-state index is 14.1. The summed E-state index contributed by atoms with van der Waals surface area (Å²) in [6.07, 6.45) is -1.66. The van der Waals surface area contributed by atoms with E-state index >= 15 is 0 Å². The Kier molecular flexibility index (Phi) is 5.58. The molecule has 0 amide bonds. The molecule has 0 saturated carbocycles. The largest absolute Gasteiger partial charge is 0.431 e. The Morgan fingerprint density at radius 3 is 2.51 bits per heavy atom. The van der Waals surface area contributed by atoms with Crippen molar-refractivity contribution < 1.29 is 31.4 Å². The van der Waals surface area contributed by atoms with Gasteiger partial charge in [0.05, 0.1) is 16.5 Å². The Bertz CT molecular complexity index is 1560. The van der Waals surface area contributed by atoms with E-state index in [1.807, 2.05) is 0 Å². The van der Waals surface area contributed by atoms with E-state index in [1.165, 1.54) is 36.4 Å². The molecule has 1 aliphatic rings. The predicted molar refractivity (Wildman–Crippen MR) is 122 cm³/mol. The lowest BCUT2D eigenvalue weighted by atomic mass is 10.0. The first-order valence-corrected chi connectivity index (χ1v) is 11.9. The topological polar surface area (TPSA) is 118 Å². The van der Waals surface area contributed by atoms with Crippen molar-refractivity contribution in [1.29, 1.82) is 0 Å². The number of carbonyl (C=O) groups excluding carboxylic acids is 1. The van der Waals surface area contributed by atoms with Crippen molar-refractivity contribution in [1.82, 2.24) is 4.57 Å². The fourth-order valence-electron chi connectivity index (χ4n) is 4.16. The van der Waals surface area contributed by atoms with Gasteiger partial charge in [-0.05, 0) is 42.0 Å². The van der Waals surface area contributed by atoms with Gasteiger partial charge in [-0.15, -0.1) is 0 Å². The van der Waals surface area contributed by atoms with Gasteiger partial charge in [-0.2, -0.15) is 8.42 Å². The third kappa shape index (κ3) is 4.27. The van der Waals surface area contributed by atoms with Crippen LogP contribution in [0.25, 0.3) is 10.9 Å². The lowest BCUT2D eigenvalue weighted by molar-refractivity contribution is -0.384. The lowest BCUT2D eigenvalue weighted by Crippen LogP contribution is -2.25. The van der Waals surface area contributed by atoms with Crippen LogP contribution in [0.3, 0.4) is 0 Å². The van der Waals surface area contributed by atoms with E-state index < -0.39 is 39.2 Å². The Morgan fingerprint density at radius 1 is 1.06 bits per heavy atom. The van der Waals surface area contributed by atoms with Crippen LogP contribution in [-0.4, -0.2) is 30.2 Å². The summed E-state index contributed by atoms with van der Waals surface area (Å²) < 4.78 is 52.7. The second-order valence-corrected chi connectivity index (χ2v) is 9.43. The first-order chi connectivity index (χ1) is 16.7. The number of esters is 1. The Balaban J connectivity index is 1.56. The maximum Gasteiger partial charge on any atom is 0.340 e. The summed E-state index contributed by atoms with van der Waals surface area (Å²) in [5.41, 5.74) is 0.816. The highest BCUT2D eigenvalue weighted by Gasteiger charge is 2.38. The summed E-state index contributed by atoms with van der Waals surface area (Å²) in [4.78, 5) is 22.9. The SMILES string of the molecule is O=C(OC1CC(c2cccc(F)c2)n2c(cc3ccccc32)S(=O)(=O)O1)c1ccc([N+](=O)[O-])cc1. The van der Waals surface area contributed by atoms with Crippen molar-refractivity contribution in [2.75, 3.05) is 0 Å². The first kappa shape index (κ1) is 22.7. The minimum atomic E-state index is -4.38. The molecule has 9 nitrogen and oxygen atoms in total. The van der Waals surface area contributed by atoms with Gasteiger partial charge in [-0.1, -0.05) is 30.3 Å². The van der Waals surface area contributed by atoms with Crippen molar-refractivity contribution in [2.24, 2.45) is 0 Å². The molecule has 1 aromatic heterocycles. The maximum atomic E-state index is 14.1. The smallest absolute Gasteiger partial charge is 0.340 e. The van der Waals surface area contributed by atoms with E-state index in [4.69, 9.17) is 8.92 Å². The Hall–Kier alpha value is -4.09. The number of carbonyl (C=O) groups is 1. The number of halogens is 1. The van der Waals surface area contributed by atoms with Gasteiger partial charge in [0, 0.05) is 29.5 Å². The molecule has 1 aliphatic heterocycles. The number of nitrogens with zero attached hydrogens (tertiary/aromatic N) is 2. The van der Waals surface area contributed by atoms with Crippen LogP contribution < -0.4 is 0 Å². The number of para-hydroxylation sites is 1. The van der Waals surface area contributed by atoms with Crippen LogP contribution in [0.15, 0.2) is 83.9 Å². The molecule has 2 atom stereocenters. The minimum absolute atomic E-state index is 0.0202. The molecular formula is C24H17FN2O7S. The molecule has 35 heavy (non-hydrogen) atoms. The van der Waals surface area contributed by atoms with E-state index in [9.17, 15) is 27.7 Å². The second-order valence-electron chi connectivity index (χ2n) is 7.91. The van der Waals surface area contributed by atoms with Crippen molar-refractivity contribution in [3.8, 4) is 0 Å². The number of fused-ring (bicyclic) bond motifs is 3. The van der Waals surface area contributed by atoms with E-state index in [1.54, 1.807) is 34.9 Å². The van der Waals surface area contributed by atoms with Gasteiger partial charge in [0.15, 0.2) is 5.03 Å². The second kappa shape index (κ2) is 8.60. The van der Waals surface area contributed by atoms with Gasteiger partial charge >= 0.3 is 16.1 Å². The highest BCUT2D eigenvalue weighted by Crippen LogP contribution is 2.38. The molecule has 0 bridgehead atoms. The zero-order chi connectivity index (χ0) is 24.7. The van der Waals surface area contributed by atoms with Gasteiger partial charge in [0.1, 0.15) is 5.82 Å². The van der Waals surface area contributed by atoms with Gasteiger partial charge in [-0.25, -0.2) is 13.4 Å². The number of benzene rings is 3. The zero-order valence-electron chi connectivity index (χ0n) is 17.9. The molecular weight excluding hydrogens is 479 g/mol. The minimum Gasteiger partial charge on any atom is -0.431 e. The quantitative estimate of drug-likeness (QED) is 0.176. The molecule has 178 valence electrons. The van der Waals surface area contributed by atoms with Crippen molar-refractivity contribution in [2.45, 2.75) is 23.8 Å². The normalized spacial score (nSPS) is 19.0. The summed E-state index contributed by atoms with van der Waals surface area (Å²) >= 11 is 0. The molecule has 3 aromatic carbocycles. The number of rotatable bonds is 4. The number of aromatic nitrogens is 1. The molecule has 0 radical (unpaired) electrons. The highest BCUT2D eigenvalue weighted by molar-refractivity contribution is 7.86. The number of nitro benzene ring substituents is 1. The van der Waals surface area contributed by atoms with Crippen molar-refractivity contribution in [3.63, 3.8) is 0 Å². The molecule has 2 unspecified atom stereocenters. The number of nitro groups is 1. The third-order valence-electron chi connectivity index (χ3n) is 5.72. The molecule has 0 saturated heterocycles. The summed E-state index contributed by atoms with van der Waals surface area (Å²) in [5.74, 6) is -1.43. The molecule has 0 spiro atoms. The van der Waals surface area contributed by atoms with Crippen LogP contribution in [-0.2, 0) is 19.0 Å². The molecule has 2 heterocycles. The van der Waals surface area contributed by atoms with E-state index in [2.05, 4.69) is 0 Å². The third-order valence-corrected chi connectivity index (χ3v) is 7.01. The van der Waals surface area contributed by atoms with Crippen molar-refractivity contribution >= 4 is 32.7 Å². The van der Waals surface area contributed by atoms with Crippen LogP contribution in [0.2, 0.25) is 0 Å². The van der Waals surface area contributed by atoms with Crippen LogP contribution in [0, 0.1) is 15.9 Å². The molecule has 0 fully saturated rings. The summed E-state index contributed by atoms with van der Waals surface area (Å²) in [6.45, 7) is 0. The molecule has 0 N–H and O–H groups in total. The van der Waals surface area contributed by atoms with Crippen LogP contribution >= 0.6 is 0 Å². The van der Waals surface area contributed by atoms with Gasteiger partial charge < -0.3 is 9.30 Å². The van der Waals surface area contributed by atoms with Crippen molar-refractivity contribution in [3.05, 3.63) is 106 Å². The van der Waals surface area contributed by atoms with Crippen LogP contribution in [0.5, 0.6) is 0 Å². The van der Waals surface area contributed by atoms with Gasteiger partial charge in [-0.3, -0.25) is 10.1 Å². The van der Waals surface area contributed by atoms with Crippen LogP contribution in [0.4, 0.5) is 10.1 Å². The summed E-state index contributed by atoms with van der Waals surface area (Å²) in [7, 11) is -4.38. The number of non-ortho nitro benzene ring substituents is 1. The summed E-state index contributed by atoms with van der Waals surface area (Å²) in [6, 6.07) is 18.1. The van der Waals surface area contributed by atoms with E-state index in [-0.39, 0.29) is 22.7 Å². The average molecular weight is 496 g/mol. The molecule has 0 aliphatic carbocycles. The van der Waals surface area contributed by atoms with E-state index in [0.29, 0.717) is 16.5 Å². The highest BCUT2D eigenvalue weighted by atomic mass is 32.2. The molecule has 5 rings (SSSR count). The first-order valence-electron chi connectivity index (χ1n) is 10.5. The summed E-state index contributed by atoms with van der Waals surface area (Å²) in [5, 5.41) is 11.4. The van der Waals surface area contributed by atoms with Gasteiger partial charge in [0.25, 0.3) is 5.69 Å². The molecule has 11 heteroatoms. The van der Waals surface area contributed by atoms with Gasteiger partial charge in [0.2, 0.25) is 6.29 Å². The fourth-order valence-corrected chi connectivity index (χ4v) is 5.39. The Labute approximate surface area is 198 Å². The lowest BCUT2D eigenvalue weighted by Gasteiger charge is -2.22. The number of ether oxygens (including phenoxy) is 1. The fraction of sp³-hybridized carbons (Fsp3) is 0.125. The predicted octanol–water partition coefficient (Wildman–Crippen LogP) is 4.57. The number of hydrogen-bond acceptors (Lipinski definition) is 7. The number of hydrogen-bond donors (Lipinski definition) is 0. The average Bonchev–Trinajstić information content (AvgIpc) is 3.18.